The minimum absolute atomic E-state index is 0.0492. The highest BCUT2D eigenvalue weighted by molar-refractivity contribution is 5.97. The topological polar surface area (TPSA) is 114 Å². The average molecular weight is 598 g/mol. The molecule has 6 rings (SSSR count). The first-order valence-corrected chi connectivity index (χ1v) is 14.8. The fraction of sp³-hybridized carbons (Fsp3) is 0.441. The molecular formula is C34H43N7O3. The zero-order valence-corrected chi connectivity index (χ0v) is 27.3. The van der Waals surface area contributed by atoms with E-state index in [4.69, 9.17) is 0 Å². The zero-order chi connectivity index (χ0) is 32.4. The molecule has 0 radical (unpaired) electrons. The summed E-state index contributed by atoms with van der Waals surface area (Å²) in [6.07, 6.45) is 7.45. The Balaban J connectivity index is 0.000000151. The summed E-state index contributed by atoms with van der Waals surface area (Å²) < 4.78 is 1.60. The molecule has 2 amide bonds. The van der Waals surface area contributed by atoms with Crippen LogP contribution >= 0.6 is 0 Å². The van der Waals surface area contributed by atoms with Gasteiger partial charge in [-0.3, -0.25) is 28.9 Å². The molecule has 0 atom stereocenters. The van der Waals surface area contributed by atoms with Crippen LogP contribution in [0.15, 0.2) is 66.1 Å². The molecular weight excluding hydrogens is 554 g/mol. The van der Waals surface area contributed by atoms with Crippen molar-refractivity contribution in [3.8, 4) is 0 Å². The lowest BCUT2D eigenvalue weighted by Crippen LogP contribution is -2.49. The van der Waals surface area contributed by atoms with Crippen molar-refractivity contribution in [1.82, 2.24) is 34.3 Å². The van der Waals surface area contributed by atoms with Crippen LogP contribution in [0, 0.1) is 0 Å². The van der Waals surface area contributed by atoms with Gasteiger partial charge in [0.25, 0.3) is 17.4 Å². The number of rotatable bonds is 0. The van der Waals surface area contributed by atoms with Gasteiger partial charge in [0.15, 0.2) is 5.52 Å². The van der Waals surface area contributed by atoms with Crippen molar-refractivity contribution in [3.05, 3.63) is 94.2 Å². The van der Waals surface area contributed by atoms with Crippen LogP contribution in [-0.4, -0.2) is 63.7 Å². The number of carbonyl (C=O) groups is 2. The first-order valence-electron chi connectivity index (χ1n) is 14.8. The summed E-state index contributed by atoms with van der Waals surface area (Å²) in [6, 6.07) is 11.3. The van der Waals surface area contributed by atoms with Gasteiger partial charge in [-0.1, -0.05) is 12.1 Å². The maximum absolute atomic E-state index is 12.1. The Morgan fingerprint density at radius 1 is 0.614 bits per heavy atom. The van der Waals surface area contributed by atoms with Crippen LogP contribution in [0.3, 0.4) is 0 Å². The summed E-state index contributed by atoms with van der Waals surface area (Å²) in [4.78, 5) is 56.4. The molecule has 4 aromatic rings. The van der Waals surface area contributed by atoms with E-state index >= 15 is 0 Å². The predicted octanol–water partition coefficient (Wildman–Crippen LogP) is 5.26. The van der Waals surface area contributed by atoms with E-state index in [9.17, 15) is 14.4 Å². The zero-order valence-electron chi connectivity index (χ0n) is 27.3. The SMILES string of the molecule is CC(C)(C)N1CCc2cccnc2C1=O.CC(C)(C)N1Cc2cccnc2C1=O.CC(C)(C)n1cnc2cccnc2c1=O. The van der Waals surface area contributed by atoms with E-state index in [2.05, 4.69) is 40.7 Å². The predicted molar refractivity (Wildman–Crippen MR) is 171 cm³/mol. The van der Waals surface area contributed by atoms with Gasteiger partial charge in [0.1, 0.15) is 11.4 Å². The second-order valence-corrected chi connectivity index (χ2v) is 13.9. The van der Waals surface area contributed by atoms with Crippen molar-refractivity contribution < 1.29 is 9.59 Å². The van der Waals surface area contributed by atoms with Crippen LogP contribution in [-0.2, 0) is 18.5 Å². The quantitative estimate of drug-likeness (QED) is 0.272. The minimum Gasteiger partial charge on any atom is -0.332 e. The Kier molecular flexibility index (Phi) is 9.04. The summed E-state index contributed by atoms with van der Waals surface area (Å²) in [6.45, 7) is 19.6. The number of aromatic nitrogens is 5. The lowest BCUT2D eigenvalue weighted by atomic mass is 9.98. The third kappa shape index (κ3) is 7.01. The fourth-order valence-electron chi connectivity index (χ4n) is 5.04. The third-order valence-electron chi connectivity index (χ3n) is 7.47. The molecule has 0 spiro atoms. The fourth-order valence-corrected chi connectivity index (χ4v) is 5.04. The number of nitrogens with zero attached hydrogens (tertiary/aromatic N) is 7. The van der Waals surface area contributed by atoms with Gasteiger partial charge in [0.2, 0.25) is 0 Å². The minimum atomic E-state index is -0.268. The van der Waals surface area contributed by atoms with Gasteiger partial charge in [-0.25, -0.2) is 9.97 Å². The standard InChI is InChI=1S/C12H16N2O.C11H13N3O.C11H14N2O/c1-12(2,3)14-8-6-9-5-4-7-13-10(9)11(14)15;1-11(2,3)14-7-13-8-5-4-6-12-9(8)10(14)15;1-11(2,3)13-7-8-5-4-6-12-9(8)10(13)14/h4-5,7H,6,8H2,1-3H3;4-7H,1-3H3;4-6H,7H2,1-3H3. The molecule has 0 saturated heterocycles. The van der Waals surface area contributed by atoms with E-state index < -0.39 is 0 Å². The molecule has 0 aliphatic carbocycles. The highest BCUT2D eigenvalue weighted by atomic mass is 16.2. The molecule has 232 valence electrons. The van der Waals surface area contributed by atoms with Crippen LogP contribution in [0.1, 0.15) is 94.4 Å². The molecule has 0 N–H and O–H groups in total. The first-order chi connectivity index (χ1) is 20.5. The van der Waals surface area contributed by atoms with Crippen molar-refractivity contribution in [2.45, 2.75) is 91.9 Å². The Morgan fingerprint density at radius 3 is 1.70 bits per heavy atom. The van der Waals surface area contributed by atoms with Gasteiger partial charge in [0, 0.05) is 53.9 Å². The number of fused-ring (bicyclic) bond motifs is 3. The molecule has 10 nitrogen and oxygen atoms in total. The van der Waals surface area contributed by atoms with E-state index in [0.29, 0.717) is 29.0 Å². The summed E-state index contributed by atoms with van der Waals surface area (Å²) in [5, 5.41) is 0. The normalized spacial score (nSPS) is 14.8. The van der Waals surface area contributed by atoms with Crippen LogP contribution < -0.4 is 5.56 Å². The molecule has 0 aromatic carbocycles. The Hall–Kier alpha value is -4.47. The lowest BCUT2D eigenvalue weighted by molar-refractivity contribution is 0.0553. The monoisotopic (exact) mass is 597 g/mol. The van der Waals surface area contributed by atoms with E-state index in [1.165, 1.54) is 0 Å². The van der Waals surface area contributed by atoms with E-state index in [1.807, 2.05) is 75.6 Å². The molecule has 44 heavy (non-hydrogen) atoms. The molecule has 10 heteroatoms. The first kappa shape index (κ1) is 32.4. The summed E-state index contributed by atoms with van der Waals surface area (Å²) in [7, 11) is 0. The smallest absolute Gasteiger partial charge is 0.280 e. The van der Waals surface area contributed by atoms with Gasteiger partial charge in [0.05, 0.1) is 11.8 Å². The van der Waals surface area contributed by atoms with Gasteiger partial charge in [-0.05, 0) is 98.6 Å². The molecule has 2 aliphatic rings. The number of hydrogen-bond donors (Lipinski definition) is 0. The van der Waals surface area contributed by atoms with Crippen molar-refractivity contribution in [3.63, 3.8) is 0 Å². The molecule has 0 fully saturated rings. The second kappa shape index (κ2) is 12.3. The number of carbonyl (C=O) groups excluding carboxylic acids is 2. The number of hydrogen-bond acceptors (Lipinski definition) is 7. The number of pyridine rings is 3. The number of amides is 2. The van der Waals surface area contributed by atoms with Crippen molar-refractivity contribution >= 4 is 22.8 Å². The second-order valence-electron chi connectivity index (χ2n) is 13.9. The van der Waals surface area contributed by atoms with Gasteiger partial charge in [-0.15, -0.1) is 0 Å². The van der Waals surface area contributed by atoms with E-state index in [0.717, 1.165) is 24.1 Å². The third-order valence-corrected chi connectivity index (χ3v) is 7.47. The van der Waals surface area contributed by atoms with Crippen LogP contribution in [0.4, 0.5) is 0 Å². The van der Waals surface area contributed by atoms with Crippen LogP contribution in [0.2, 0.25) is 0 Å². The average Bonchev–Trinajstić information content (AvgIpc) is 3.30. The van der Waals surface area contributed by atoms with Crippen molar-refractivity contribution in [2.24, 2.45) is 0 Å². The maximum atomic E-state index is 12.1. The maximum Gasteiger partial charge on any atom is 0.280 e. The van der Waals surface area contributed by atoms with Gasteiger partial charge in [-0.2, -0.15) is 0 Å². The lowest BCUT2D eigenvalue weighted by Gasteiger charge is -2.38. The summed E-state index contributed by atoms with van der Waals surface area (Å²) in [5.74, 6) is 0.109. The van der Waals surface area contributed by atoms with Gasteiger partial charge >= 0.3 is 0 Å². The van der Waals surface area contributed by atoms with Crippen LogP contribution in [0.5, 0.6) is 0 Å². The molecule has 6 heterocycles. The summed E-state index contributed by atoms with van der Waals surface area (Å²) >= 11 is 0. The highest BCUT2D eigenvalue weighted by Gasteiger charge is 2.35. The Labute approximate surface area is 259 Å². The molecule has 0 saturated carbocycles. The Morgan fingerprint density at radius 2 is 1.14 bits per heavy atom. The molecule has 2 aliphatic heterocycles. The van der Waals surface area contributed by atoms with Crippen molar-refractivity contribution in [1.29, 1.82) is 0 Å². The molecule has 4 aromatic heterocycles. The van der Waals surface area contributed by atoms with E-state index in [-0.39, 0.29) is 34.0 Å². The summed E-state index contributed by atoms with van der Waals surface area (Å²) in [5.41, 5.74) is 3.81. The largest absolute Gasteiger partial charge is 0.332 e. The van der Waals surface area contributed by atoms with Crippen LogP contribution in [0.25, 0.3) is 11.0 Å². The van der Waals surface area contributed by atoms with Gasteiger partial charge < -0.3 is 9.80 Å². The molecule has 0 unspecified atom stereocenters. The Bertz CT molecular complexity index is 1730. The molecule has 0 bridgehead atoms. The highest BCUT2D eigenvalue weighted by Crippen LogP contribution is 2.27. The van der Waals surface area contributed by atoms with E-state index in [1.54, 1.807) is 41.6 Å². The van der Waals surface area contributed by atoms with Crippen molar-refractivity contribution in [2.75, 3.05) is 6.54 Å².